The zero-order valence-corrected chi connectivity index (χ0v) is 16.5. The Morgan fingerprint density at radius 2 is 1.84 bits per heavy atom. The first kappa shape index (κ1) is 20.9. The Kier molecular flexibility index (Phi) is 5.46. The van der Waals surface area contributed by atoms with Crippen molar-refractivity contribution in [3.8, 4) is 0 Å². The molecular weight excluding hydrogens is 417 g/mol. The second-order valence-corrected chi connectivity index (χ2v) is 7.18. The number of ketones is 1. The van der Waals surface area contributed by atoms with Gasteiger partial charge in [0.25, 0.3) is 11.6 Å². The molecule has 1 saturated heterocycles. The van der Waals surface area contributed by atoms with E-state index >= 15 is 0 Å². The summed E-state index contributed by atoms with van der Waals surface area (Å²) in [4.78, 5) is 40.6. The van der Waals surface area contributed by atoms with Gasteiger partial charge in [-0.15, -0.1) is 0 Å². The van der Waals surface area contributed by atoms with E-state index in [0.717, 1.165) is 12.1 Å². The number of halogens is 1. The number of benzene rings is 2. The first-order chi connectivity index (χ1) is 15.4. The molecule has 2 aromatic carbocycles. The molecule has 2 heterocycles. The maximum atomic E-state index is 13.3. The third kappa shape index (κ3) is 3.83. The Morgan fingerprint density at radius 1 is 1.09 bits per heavy atom. The number of hydrogen-bond acceptors (Lipinski definition) is 5. The number of Topliss-reactive ketones (excluding diaryl/α,β-unsaturated/α-hetero) is 1. The van der Waals surface area contributed by atoms with Gasteiger partial charge in [-0.1, -0.05) is 30.0 Å². The molecule has 1 fully saturated rings. The van der Waals surface area contributed by atoms with Gasteiger partial charge in [0.1, 0.15) is 5.82 Å². The number of nitro groups is 1. The van der Waals surface area contributed by atoms with Gasteiger partial charge in [-0.25, -0.2) is 9.37 Å². The van der Waals surface area contributed by atoms with Gasteiger partial charge in [0, 0.05) is 29.3 Å². The number of nitro benzene ring substituents is 1. The van der Waals surface area contributed by atoms with Crippen LogP contribution in [-0.4, -0.2) is 21.5 Å². The smallest absolute Gasteiger partial charge is 0.295 e. The standard InChI is InChI=1S/C23H16FN3O5/c24-17-8-6-15(7-9-17)21(28)19-20(16-4-1-5-18(11-16)27(31)32)26(23(30)22(19)29)13-14-3-2-10-25-12-14/h1-12,20,28H,13H2. The minimum atomic E-state index is -1.13. The second-order valence-electron chi connectivity index (χ2n) is 7.18. The molecule has 0 bridgehead atoms. The van der Waals surface area contributed by atoms with Crippen LogP contribution in [0.25, 0.3) is 5.76 Å². The monoisotopic (exact) mass is 433 g/mol. The van der Waals surface area contributed by atoms with Crippen LogP contribution in [0.3, 0.4) is 0 Å². The van der Waals surface area contributed by atoms with Crippen LogP contribution in [0.5, 0.6) is 0 Å². The molecule has 4 rings (SSSR count). The van der Waals surface area contributed by atoms with Crippen LogP contribution in [0.1, 0.15) is 22.7 Å². The number of likely N-dealkylation sites (tertiary alicyclic amines) is 1. The van der Waals surface area contributed by atoms with E-state index in [1.54, 1.807) is 24.5 Å². The molecule has 0 spiro atoms. The van der Waals surface area contributed by atoms with Gasteiger partial charge in [0.15, 0.2) is 12.4 Å². The van der Waals surface area contributed by atoms with Crippen molar-refractivity contribution in [2.75, 3.05) is 0 Å². The normalized spacial score (nSPS) is 17.5. The highest BCUT2D eigenvalue weighted by Gasteiger charge is 2.44. The fraction of sp³-hybridized carbons (Fsp3) is 0.0870. The van der Waals surface area contributed by atoms with Crippen molar-refractivity contribution >= 4 is 23.1 Å². The molecule has 0 saturated carbocycles. The van der Waals surface area contributed by atoms with E-state index in [0.29, 0.717) is 5.56 Å². The van der Waals surface area contributed by atoms with E-state index in [-0.39, 0.29) is 28.9 Å². The lowest BCUT2D eigenvalue weighted by Crippen LogP contribution is -2.29. The van der Waals surface area contributed by atoms with Crippen LogP contribution in [0, 0.1) is 15.9 Å². The van der Waals surface area contributed by atoms with Crippen molar-refractivity contribution < 1.29 is 29.0 Å². The van der Waals surface area contributed by atoms with E-state index in [4.69, 9.17) is 0 Å². The summed E-state index contributed by atoms with van der Waals surface area (Å²) in [5.74, 6) is -3.17. The summed E-state index contributed by atoms with van der Waals surface area (Å²) in [6.07, 6.45) is 3.32. The molecule has 1 amide bonds. The largest absolute Gasteiger partial charge is 0.872 e. The molecule has 160 valence electrons. The maximum Gasteiger partial charge on any atom is 0.295 e. The highest BCUT2D eigenvalue weighted by atomic mass is 19.1. The average molecular weight is 433 g/mol. The minimum absolute atomic E-state index is 0.00449. The topological polar surface area (TPSA) is 118 Å². The minimum Gasteiger partial charge on any atom is -0.872 e. The average Bonchev–Trinajstić information content (AvgIpc) is 3.05. The van der Waals surface area contributed by atoms with Gasteiger partial charge in [0.2, 0.25) is 5.78 Å². The van der Waals surface area contributed by atoms with Crippen LogP contribution in [-0.2, 0) is 16.1 Å². The third-order valence-electron chi connectivity index (χ3n) is 5.16. The van der Waals surface area contributed by atoms with Gasteiger partial charge < -0.3 is 10.0 Å². The van der Waals surface area contributed by atoms with Crippen LogP contribution in [0.2, 0.25) is 0 Å². The van der Waals surface area contributed by atoms with Crippen molar-refractivity contribution in [3.05, 3.63) is 111 Å². The number of carbonyl (C=O) groups is 2. The molecule has 1 aromatic heterocycles. The van der Waals surface area contributed by atoms with E-state index in [1.807, 2.05) is 0 Å². The van der Waals surface area contributed by atoms with Crippen LogP contribution in [0.4, 0.5) is 10.1 Å². The van der Waals surface area contributed by atoms with Crippen molar-refractivity contribution in [2.24, 2.45) is 0 Å². The fourth-order valence-electron chi connectivity index (χ4n) is 3.67. The Bertz CT molecular complexity index is 1240. The quantitative estimate of drug-likeness (QED) is 0.200. The number of aromatic amines is 1. The lowest BCUT2D eigenvalue weighted by molar-refractivity contribution is -0.385. The molecule has 3 aromatic rings. The molecule has 1 atom stereocenters. The summed E-state index contributed by atoms with van der Waals surface area (Å²) in [6, 6.07) is 12.4. The number of nitrogens with zero attached hydrogens (tertiary/aromatic N) is 2. The zero-order valence-electron chi connectivity index (χ0n) is 16.5. The predicted molar refractivity (Wildman–Crippen MR) is 108 cm³/mol. The van der Waals surface area contributed by atoms with Crippen molar-refractivity contribution in [3.63, 3.8) is 0 Å². The highest BCUT2D eigenvalue weighted by Crippen LogP contribution is 2.40. The number of amides is 1. The number of pyridine rings is 1. The van der Waals surface area contributed by atoms with Gasteiger partial charge in [-0.3, -0.25) is 19.7 Å². The highest BCUT2D eigenvalue weighted by molar-refractivity contribution is 6.46. The van der Waals surface area contributed by atoms with Gasteiger partial charge in [-0.05, 0) is 29.3 Å². The summed E-state index contributed by atoms with van der Waals surface area (Å²) in [5.41, 5.74) is 0.383. The molecule has 1 aliphatic heterocycles. The van der Waals surface area contributed by atoms with Gasteiger partial charge in [-0.2, -0.15) is 0 Å². The molecule has 0 radical (unpaired) electrons. The number of carbonyl (C=O) groups excluding carboxylic acids is 2. The SMILES string of the molecule is O=C1C(=O)N(Cc2ccc[nH+]c2)C(c2cccc([N+](=O)[O-])c2)C1=C([O-])c1ccc(F)cc1. The molecule has 1 aliphatic rings. The van der Waals surface area contributed by atoms with E-state index < -0.39 is 34.2 Å². The molecule has 32 heavy (non-hydrogen) atoms. The molecule has 8 nitrogen and oxygen atoms in total. The predicted octanol–water partition coefficient (Wildman–Crippen LogP) is 1.97. The number of nitrogens with one attached hydrogen (secondary N) is 1. The summed E-state index contributed by atoms with van der Waals surface area (Å²) >= 11 is 0. The molecular formula is C23H16FN3O5. The maximum absolute atomic E-state index is 13.3. The number of non-ortho nitro benzene ring substituents is 1. The Hall–Kier alpha value is -4.40. The molecule has 1 unspecified atom stereocenters. The number of aromatic nitrogens is 1. The van der Waals surface area contributed by atoms with Crippen LogP contribution in [0.15, 0.2) is 78.6 Å². The van der Waals surface area contributed by atoms with Crippen molar-refractivity contribution in [1.82, 2.24) is 4.90 Å². The summed E-state index contributed by atoms with van der Waals surface area (Å²) in [7, 11) is 0. The summed E-state index contributed by atoms with van der Waals surface area (Å²) < 4.78 is 13.3. The zero-order chi connectivity index (χ0) is 22.8. The Balaban J connectivity index is 1.89. The number of hydrogen-bond donors (Lipinski definition) is 0. The van der Waals surface area contributed by atoms with Crippen LogP contribution < -0.4 is 10.1 Å². The first-order valence-corrected chi connectivity index (χ1v) is 9.58. The third-order valence-corrected chi connectivity index (χ3v) is 5.16. The Morgan fingerprint density at radius 3 is 2.50 bits per heavy atom. The molecule has 0 aliphatic carbocycles. The Labute approximate surface area is 181 Å². The lowest BCUT2D eigenvalue weighted by atomic mass is 9.95. The molecule has 1 N–H and O–H groups in total. The molecule has 9 heteroatoms. The second kappa shape index (κ2) is 8.38. The summed E-state index contributed by atoms with van der Waals surface area (Å²) in [6.45, 7) is -0.00449. The van der Waals surface area contributed by atoms with E-state index in [1.165, 1.54) is 41.3 Å². The fourth-order valence-corrected chi connectivity index (χ4v) is 3.67. The summed E-state index contributed by atoms with van der Waals surface area (Å²) in [5, 5.41) is 24.5. The van der Waals surface area contributed by atoms with E-state index in [2.05, 4.69) is 4.98 Å². The number of H-pyrrole nitrogens is 1. The van der Waals surface area contributed by atoms with Crippen molar-refractivity contribution in [1.29, 1.82) is 0 Å². The van der Waals surface area contributed by atoms with Gasteiger partial charge >= 0.3 is 0 Å². The van der Waals surface area contributed by atoms with Crippen LogP contribution >= 0.6 is 0 Å². The van der Waals surface area contributed by atoms with Crippen molar-refractivity contribution in [2.45, 2.75) is 12.6 Å². The van der Waals surface area contributed by atoms with E-state index in [9.17, 15) is 29.2 Å². The number of rotatable bonds is 5. The van der Waals surface area contributed by atoms with Gasteiger partial charge in [0.05, 0.1) is 17.5 Å². The lowest BCUT2D eigenvalue weighted by Gasteiger charge is -2.27. The first-order valence-electron chi connectivity index (χ1n) is 9.58.